The summed E-state index contributed by atoms with van der Waals surface area (Å²) < 4.78 is 9.22. The van der Waals surface area contributed by atoms with Crippen LogP contribution in [0.1, 0.15) is 6.42 Å². The first kappa shape index (κ1) is 9.79. The van der Waals surface area contributed by atoms with Gasteiger partial charge >= 0.3 is 12.1 Å². The van der Waals surface area contributed by atoms with Crippen molar-refractivity contribution in [3.8, 4) is 0 Å². The smallest absolute Gasteiger partial charge is 0.404 e. The Morgan fingerprint density at radius 2 is 2.23 bits per heavy atom. The maximum atomic E-state index is 11.0. The van der Waals surface area contributed by atoms with Crippen molar-refractivity contribution in [3.63, 3.8) is 0 Å². The highest BCUT2D eigenvalue weighted by atomic mass is 16.6. The van der Waals surface area contributed by atoms with Gasteiger partial charge < -0.3 is 20.5 Å². The lowest BCUT2D eigenvalue weighted by Gasteiger charge is -2.08. The summed E-state index contributed by atoms with van der Waals surface area (Å²) >= 11 is 0. The van der Waals surface area contributed by atoms with Crippen LogP contribution in [0.3, 0.4) is 0 Å². The zero-order valence-corrected chi connectivity index (χ0v) is 7.28. The molecule has 0 aromatic heterocycles. The second kappa shape index (κ2) is 4.08. The number of primary amides is 1. The van der Waals surface area contributed by atoms with E-state index in [4.69, 9.17) is 10.5 Å². The predicted octanol–water partition coefficient (Wildman–Crippen LogP) is -1.01. The molecule has 6 heteroatoms. The molecule has 0 saturated carbocycles. The second-order valence-corrected chi connectivity index (χ2v) is 2.78. The molecule has 0 spiro atoms. The van der Waals surface area contributed by atoms with Crippen LogP contribution in [0.2, 0.25) is 0 Å². The number of nitrogens with two attached hydrogens (primary N) is 1. The molecule has 3 N–H and O–H groups in total. The maximum absolute atomic E-state index is 11.0. The van der Waals surface area contributed by atoms with Crippen LogP contribution in [0.25, 0.3) is 0 Å². The molecule has 0 radical (unpaired) electrons. The number of hydrogen-bond donors (Lipinski definition) is 2. The minimum absolute atomic E-state index is 0.332. The van der Waals surface area contributed by atoms with E-state index in [0.29, 0.717) is 13.0 Å². The Morgan fingerprint density at radius 1 is 1.54 bits per heavy atom. The fourth-order valence-electron chi connectivity index (χ4n) is 1.28. The van der Waals surface area contributed by atoms with Crippen LogP contribution in [-0.4, -0.2) is 37.9 Å². The van der Waals surface area contributed by atoms with E-state index in [9.17, 15) is 9.59 Å². The molecule has 0 aliphatic carbocycles. The molecule has 2 atom stereocenters. The number of hydrogen-bond acceptors (Lipinski definition) is 5. The Morgan fingerprint density at radius 3 is 2.77 bits per heavy atom. The molecule has 0 bridgehead atoms. The summed E-state index contributed by atoms with van der Waals surface area (Å²) in [6.45, 7) is 0.433. The third kappa shape index (κ3) is 2.59. The van der Waals surface area contributed by atoms with Crippen LogP contribution < -0.4 is 11.1 Å². The summed E-state index contributed by atoms with van der Waals surface area (Å²) in [6.07, 6.45) is -0.741. The average molecular weight is 188 g/mol. The van der Waals surface area contributed by atoms with E-state index in [2.05, 4.69) is 10.1 Å². The summed E-state index contributed by atoms with van der Waals surface area (Å²) in [5, 5.41) is 2.86. The standard InChI is InChI=1S/C7H12N2O4/c1-12-6(10)5-2-4(3-9-5)13-7(8)11/h4-5,9H,2-3H2,1H3,(H2,8,11). The number of ether oxygens (including phenoxy) is 2. The third-order valence-corrected chi connectivity index (χ3v) is 1.86. The van der Waals surface area contributed by atoms with Crippen molar-refractivity contribution in [2.45, 2.75) is 18.6 Å². The molecule has 13 heavy (non-hydrogen) atoms. The summed E-state index contributed by atoms with van der Waals surface area (Å²) in [5.41, 5.74) is 4.82. The molecule has 74 valence electrons. The van der Waals surface area contributed by atoms with Crippen LogP contribution in [0.5, 0.6) is 0 Å². The zero-order valence-electron chi connectivity index (χ0n) is 7.28. The highest BCUT2D eigenvalue weighted by Gasteiger charge is 2.31. The fourth-order valence-corrected chi connectivity index (χ4v) is 1.28. The monoisotopic (exact) mass is 188 g/mol. The van der Waals surface area contributed by atoms with Gasteiger partial charge in [-0.05, 0) is 0 Å². The number of nitrogens with one attached hydrogen (secondary N) is 1. The Bertz CT molecular complexity index is 219. The molecule has 0 aromatic rings. The summed E-state index contributed by atoms with van der Waals surface area (Å²) in [4.78, 5) is 21.3. The van der Waals surface area contributed by atoms with Crippen molar-refractivity contribution < 1.29 is 19.1 Å². The number of carbonyl (C=O) groups excluding carboxylic acids is 2. The molecule has 2 unspecified atom stereocenters. The molecule has 1 aliphatic rings. The molecule has 1 rings (SSSR count). The lowest BCUT2D eigenvalue weighted by Crippen LogP contribution is -2.31. The Hall–Kier alpha value is -1.30. The molecule has 1 amide bonds. The van der Waals surface area contributed by atoms with Crippen LogP contribution in [0.4, 0.5) is 4.79 Å². The van der Waals surface area contributed by atoms with Gasteiger partial charge in [-0.3, -0.25) is 4.79 Å². The van der Waals surface area contributed by atoms with Gasteiger partial charge in [-0.25, -0.2) is 4.79 Å². The maximum Gasteiger partial charge on any atom is 0.404 e. The van der Waals surface area contributed by atoms with Crippen LogP contribution in [0, 0.1) is 0 Å². The summed E-state index contributed by atoms with van der Waals surface area (Å²) in [5.74, 6) is -0.351. The van der Waals surface area contributed by atoms with E-state index >= 15 is 0 Å². The Labute approximate surface area is 75.4 Å². The SMILES string of the molecule is COC(=O)C1CC(OC(N)=O)CN1. The largest absolute Gasteiger partial charge is 0.468 e. The van der Waals surface area contributed by atoms with Gasteiger partial charge in [-0.15, -0.1) is 0 Å². The molecule has 1 aliphatic heterocycles. The molecular weight excluding hydrogens is 176 g/mol. The third-order valence-electron chi connectivity index (χ3n) is 1.86. The van der Waals surface area contributed by atoms with Gasteiger partial charge in [-0.2, -0.15) is 0 Å². The van der Waals surface area contributed by atoms with E-state index in [1.54, 1.807) is 0 Å². The fraction of sp³-hybridized carbons (Fsp3) is 0.714. The lowest BCUT2D eigenvalue weighted by molar-refractivity contribution is -0.142. The molecule has 1 saturated heterocycles. The molecule has 6 nitrogen and oxygen atoms in total. The van der Waals surface area contributed by atoms with Crippen LogP contribution in [-0.2, 0) is 14.3 Å². The van der Waals surface area contributed by atoms with Gasteiger partial charge in [0.1, 0.15) is 12.1 Å². The van der Waals surface area contributed by atoms with E-state index in [1.165, 1.54) is 7.11 Å². The number of rotatable bonds is 2. The normalized spacial score (nSPS) is 26.8. The van der Waals surface area contributed by atoms with Crippen molar-refractivity contribution in [2.75, 3.05) is 13.7 Å². The van der Waals surface area contributed by atoms with E-state index in [0.717, 1.165) is 0 Å². The quantitative estimate of drug-likeness (QED) is 0.541. The average Bonchev–Trinajstić information content (AvgIpc) is 2.50. The minimum Gasteiger partial charge on any atom is -0.468 e. The number of esters is 1. The predicted molar refractivity (Wildman–Crippen MR) is 42.9 cm³/mol. The van der Waals surface area contributed by atoms with Crippen molar-refractivity contribution in [1.29, 1.82) is 0 Å². The van der Waals surface area contributed by atoms with Gasteiger partial charge in [0.25, 0.3) is 0 Å². The summed E-state index contributed by atoms with van der Waals surface area (Å²) in [6, 6.07) is -0.394. The van der Waals surface area contributed by atoms with E-state index in [1.807, 2.05) is 0 Å². The zero-order chi connectivity index (χ0) is 9.84. The van der Waals surface area contributed by atoms with Crippen LogP contribution in [0.15, 0.2) is 0 Å². The van der Waals surface area contributed by atoms with E-state index < -0.39 is 12.1 Å². The number of amides is 1. The van der Waals surface area contributed by atoms with Crippen molar-refractivity contribution >= 4 is 12.1 Å². The lowest BCUT2D eigenvalue weighted by atomic mass is 10.2. The first-order valence-corrected chi connectivity index (χ1v) is 3.90. The molecule has 1 heterocycles. The first-order chi connectivity index (χ1) is 6.13. The van der Waals surface area contributed by atoms with Gasteiger partial charge in [0, 0.05) is 13.0 Å². The Kier molecular flexibility index (Phi) is 3.07. The van der Waals surface area contributed by atoms with Gasteiger partial charge in [0.05, 0.1) is 7.11 Å². The highest BCUT2D eigenvalue weighted by molar-refractivity contribution is 5.76. The molecular formula is C7H12N2O4. The first-order valence-electron chi connectivity index (χ1n) is 3.90. The van der Waals surface area contributed by atoms with Crippen molar-refractivity contribution in [2.24, 2.45) is 5.73 Å². The topological polar surface area (TPSA) is 90.7 Å². The van der Waals surface area contributed by atoms with Crippen LogP contribution >= 0.6 is 0 Å². The van der Waals surface area contributed by atoms with Gasteiger partial charge in [0.2, 0.25) is 0 Å². The Balaban J connectivity index is 2.36. The number of methoxy groups -OCH3 is 1. The van der Waals surface area contributed by atoms with Gasteiger partial charge in [-0.1, -0.05) is 0 Å². The second-order valence-electron chi connectivity index (χ2n) is 2.78. The summed E-state index contributed by atoms with van der Waals surface area (Å²) in [7, 11) is 1.31. The van der Waals surface area contributed by atoms with Crippen molar-refractivity contribution in [1.82, 2.24) is 5.32 Å². The van der Waals surface area contributed by atoms with Crippen molar-refractivity contribution in [3.05, 3.63) is 0 Å². The molecule has 1 fully saturated rings. The highest BCUT2D eigenvalue weighted by Crippen LogP contribution is 2.11. The van der Waals surface area contributed by atoms with E-state index in [-0.39, 0.29) is 12.1 Å². The molecule has 0 aromatic carbocycles. The minimum atomic E-state index is -0.822. The van der Waals surface area contributed by atoms with Gasteiger partial charge in [0.15, 0.2) is 0 Å². The number of carbonyl (C=O) groups is 2.